The lowest BCUT2D eigenvalue weighted by atomic mass is 9.88. The van der Waals surface area contributed by atoms with Gasteiger partial charge in [0.05, 0.1) is 0 Å². The topological polar surface area (TPSA) is 43.1 Å². The molecule has 19 heavy (non-hydrogen) atoms. The summed E-state index contributed by atoms with van der Waals surface area (Å²) < 4.78 is 26.2. The van der Waals surface area contributed by atoms with Gasteiger partial charge in [-0.1, -0.05) is 19.3 Å². The molecule has 2 N–H and O–H groups in total. The number of Topliss-reactive ketones (excluding diaryl/α,β-unsaturated/α-hetero) is 1. The van der Waals surface area contributed by atoms with Crippen molar-refractivity contribution < 1.29 is 13.6 Å². The lowest BCUT2D eigenvalue weighted by Gasteiger charge is -2.20. The second-order valence-corrected chi connectivity index (χ2v) is 5.33. The standard InChI is InChI=1S/C15H19F2NO/c16-11-6-10(7-12(17)9-11)8-15(19)13-4-2-1-3-5-14(13)18/h6-7,9,13-14H,1-5,8,18H2. The molecule has 0 saturated heterocycles. The number of nitrogens with two attached hydrogens (primary N) is 1. The van der Waals surface area contributed by atoms with Crippen LogP contribution in [0.3, 0.4) is 0 Å². The molecule has 1 fully saturated rings. The quantitative estimate of drug-likeness (QED) is 0.855. The largest absolute Gasteiger partial charge is 0.327 e. The van der Waals surface area contributed by atoms with Crippen LogP contribution in [0.15, 0.2) is 18.2 Å². The Bertz CT molecular complexity index is 441. The van der Waals surface area contributed by atoms with Crippen molar-refractivity contribution in [1.29, 1.82) is 0 Å². The van der Waals surface area contributed by atoms with E-state index in [1.807, 2.05) is 0 Å². The summed E-state index contributed by atoms with van der Waals surface area (Å²) in [5.41, 5.74) is 6.41. The van der Waals surface area contributed by atoms with Gasteiger partial charge >= 0.3 is 0 Å². The molecule has 0 spiro atoms. The zero-order valence-electron chi connectivity index (χ0n) is 10.9. The van der Waals surface area contributed by atoms with Gasteiger partial charge in [0.15, 0.2) is 0 Å². The molecule has 1 aromatic carbocycles. The fourth-order valence-electron chi connectivity index (χ4n) is 2.78. The van der Waals surface area contributed by atoms with Gasteiger partial charge in [-0.25, -0.2) is 8.78 Å². The Morgan fingerprint density at radius 2 is 1.74 bits per heavy atom. The highest BCUT2D eigenvalue weighted by atomic mass is 19.1. The van der Waals surface area contributed by atoms with E-state index >= 15 is 0 Å². The van der Waals surface area contributed by atoms with Crippen molar-refractivity contribution in [1.82, 2.24) is 0 Å². The van der Waals surface area contributed by atoms with E-state index in [9.17, 15) is 13.6 Å². The van der Waals surface area contributed by atoms with E-state index in [0.29, 0.717) is 5.56 Å². The van der Waals surface area contributed by atoms with E-state index in [1.165, 1.54) is 12.1 Å². The van der Waals surface area contributed by atoms with E-state index in [1.54, 1.807) is 0 Å². The first-order valence-electron chi connectivity index (χ1n) is 6.79. The molecule has 2 rings (SSSR count). The predicted octanol–water partition coefficient (Wildman–Crippen LogP) is 2.98. The van der Waals surface area contributed by atoms with Crippen LogP contribution in [0.4, 0.5) is 8.78 Å². The first-order valence-corrected chi connectivity index (χ1v) is 6.79. The smallest absolute Gasteiger partial charge is 0.141 e. The van der Waals surface area contributed by atoms with E-state index < -0.39 is 11.6 Å². The van der Waals surface area contributed by atoms with E-state index in [2.05, 4.69) is 0 Å². The normalized spacial score (nSPS) is 23.9. The van der Waals surface area contributed by atoms with Crippen LogP contribution in [0.5, 0.6) is 0 Å². The van der Waals surface area contributed by atoms with Crippen LogP contribution >= 0.6 is 0 Å². The van der Waals surface area contributed by atoms with Crippen molar-refractivity contribution in [2.45, 2.75) is 44.6 Å². The summed E-state index contributed by atoms with van der Waals surface area (Å²) in [6, 6.07) is 3.12. The van der Waals surface area contributed by atoms with Crippen LogP contribution in [0.1, 0.15) is 37.7 Å². The Balaban J connectivity index is 2.06. The van der Waals surface area contributed by atoms with Gasteiger partial charge in [0.25, 0.3) is 0 Å². The first kappa shape index (κ1) is 14.1. The fourth-order valence-corrected chi connectivity index (χ4v) is 2.78. The summed E-state index contributed by atoms with van der Waals surface area (Å²) in [7, 11) is 0. The molecule has 0 aliphatic heterocycles. The Kier molecular flexibility index (Phi) is 4.64. The van der Waals surface area contributed by atoms with Crippen molar-refractivity contribution in [3.8, 4) is 0 Å². The Morgan fingerprint density at radius 3 is 2.42 bits per heavy atom. The molecule has 0 heterocycles. The van der Waals surface area contributed by atoms with E-state index in [4.69, 9.17) is 5.73 Å². The van der Waals surface area contributed by atoms with Gasteiger partial charge in [-0.15, -0.1) is 0 Å². The molecule has 4 heteroatoms. The molecule has 1 saturated carbocycles. The maximum Gasteiger partial charge on any atom is 0.141 e. The third-order valence-corrected chi connectivity index (χ3v) is 3.78. The summed E-state index contributed by atoms with van der Waals surface area (Å²) in [5.74, 6) is -1.46. The molecule has 0 radical (unpaired) electrons. The van der Waals surface area contributed by atoms with Crippen molar-refractivity contribution in [3.63, 3.8) is 0 Å². The van der Waals surface area contributed by atoms with Gasteiger partial charge < -0.3 is 5.73 Å². The zero-order valence-corrected chi connectivity index (χ0v) is 10.9. The van der Waals surface area contributed by atoms with Crippen LogP contribution in [0, 0.1) is 17.6 Å². The molecular weight excluding hydrogens is 248 g/mol. The molecule has 2 nitrogen and oxygen atoms in total. The number of hydrogen-bond donors (Lipinski definition) is 1. The highest BCUT2D eigenvalue weighted by Crippen LogP contribution is 2.24. The minimum atomic E-state index is -0.645. The molecule has 1 aromatic rings. The third-order valence-electron chi connectivity index (χ3n) is 3.78. The highest BCUT2D eigenvalue weighted by molar-refractivity contribution is 5.84. The van der Waals surface area contributed by atoms with Gasteiger partial charge in [-0.05, 0) is 30.5 Å². The summed E-state index contributed by atoms with van der Waals surface area (Å²) in [6.45, 7) is 0. The minimum absolute atomic E-state index is 0.000556. The number of hydrogen-bond acceptors (Lipinski definition) is 2. The number of halogens is 2. The SMILES string of the molecule is NC1CCCCCC1C(=O)Cc1cc(F)cc(F)c1. The highest BCUT2D eigenvalue weighted by Gasteiger charge is 2.26. The summed E-state index contributed by atoms with van der Waals surface area (Å²) in [6.07, 6.45) is 4.87. The molecule has 2 unspecified atom stereocenters. The number of ketones is 1. The van der Waals surface area contributed by atoms with Gasteiger partial charge in [-0.3, -0.25) is 4.79 Å². The lowest BCUT2D eigenvalue weighted by Crippen LogP contribution is -2.35. The molecule has 104 valence electrons. The summed E-state index contributed by atoms with van der Waals surface area (Å²) in [4.78, 5) is 12.2. The molecule has 0 bridgehead atoms. The summed E-state index contributed by atoms with van der Waals surface area (Å²) >= 11 is 0. The fraction of sp³-hybridized carbons (Fsp3) is 0.533. The monoisotopic (exact) mass is 267 g/mol. The average molecular weight is 267 g/mol. The third kappa shape index (κ3) is 3.83. The van der Waals surface area contributed by atoms with Crippen molar-refractivity contribution in [2.75, 3.05) is 0 Å². The second kappa shape index (κ2) is 6.24. The maximum atomic E-state index is 13.1. The maximum absolute atomic E-state index is 13.1. The Morgan fingerprint density at radius 1 is 1.11 bits per heavy atom. The number of carbonyl (C=O) groups is 1. The molecular formula is C15H19F2NO. The van der Waals surface area contributed by atoms with Crippen molar-refractivity contribution >= 4 is 5.78 Å². The average Bonchev–Trinajstić information content (AvgIpc) is 2.52. The van der Waals surface area contributed by atoms with Gasteiger partial charge in [0, 0.05) is 24.4 Å². The summed E-state index contributed by atoms with van der Waals surface area (Å²) in [5, 5.41) is 0. The minimum Gasteiger partial charge on any atom is -0.327 e. The van der Waals surface area contributed by atoms with E-state index in [-0.39, 0.29) is 24.2 Å². The van der Waals surface area contributed by atoms with Crippen LogP contribution < -0.4 is 5.73 Å². The zero-order chi connectivity index (χ0) is 13.8. The Hall–Kier alpha value is -1.29. The van der Waals surface area contributed by atoms with E-state index in [0.717, 1.165) is 38.2 Å². The lowest BCUT2D eigenvalue weighted by molar-refractivity contribution is -0.123. The predicted molar refractivity (Wildman–Crippen MR) is 69.6 cm³/mol. The van der Waals surface area contributed by atoms with Crippen LogP contribution in [-0.2, 0) is 11.2 Å². The van der Waals surface area contributed by atoms with Crippen molar-refractivity contribution in [2.24, 2.45) is 11.7 Å². The van der Waals surface area contributed by atoms with Gasteiger partial charge in [0.1, 0.15) is 17.4 Å². The second-order valence-electron chi connectivity index (χ2n) is 5.33. The molecule has 2 atom stereocenters. The molecule has 1 aliphatic carbocycles. The number of carbonyl (C=O) groups excluding carboxylic acids is 1. The molecule has 0 aromatic heterocycles. The number of benzene rings is 1. The van der Waals surface area contributed by atoms with Gasteiger partial charge in [0.2, 0.25) is 0 Å². The number of rotatable bonds is 3. The Labute approximate surface area is 112 Å². The van der Waals surface area contributed by atoms with Crippen LogP contribution in [-0.4, -0.2) is 11.8 Å². The van der Waals surface area contributed by atoms with Crippen molar-refractivity contribution in [3.05, 3.63) is 35.4 Å². The molecule has 1 aliphatic rings. The molecule has 0 amide bonds. The van der Waals surface area contributed by atoms with Crippen LogP contribution in [0.25, 0.3) is 0 Å². The van der Waals surface area contributed by atoms with Crippen LogP contribution in [0.2, 0.25) is 0 Å². The van der Waals surface area contributed by atoms with Gasteiger partial charge in [-0.2, -0.15) is 0 Å². The first-order chi connectivity index (χ1) is 9.06.